The van der Waals surface area contributed by atoms with E-state index in [4.69, 9.17) is 14.3 Å². The van der Waals surface area contributed by atoms with Crippen molar-refractivity contribution < 1.29 is 18.8 Å². The van der Waals surface area contributed by atoms with E-state index < -0.39 is 10.6 Å². The van der Waals surface area contributed by atoms with E-state index in [1.165, 1.54) is 0 Å². The summed E-state index contributed by atoms with van der Waals surface area (Å²) in [6, 6.07) is 11.9. The van der Waals surface area contributed by atoms with E-state index >= 15 is 0 Å². The predicted octanol–water partition coefficient (Wildman–Crippen LogP) is 3.30. The number of aliphatic hydroxyl groups is 1. The molecule has 31 heavy (non-hydrogen) atoms. The lowest BCUT2D eigenvalue weighted by atomic mass is 10.1. The number of aromatic nitrogens is 2. The van der Waals surface area contributed by atoms with Gasteiger partial charge in [0.15, 0.2) is 0 Å². The fourth-order valence-electron chi connectivity index (χ4n) is 2.81. The topological polar surface area (TPSA) is 129 Å². The summed E-state index contributed by atoms with van der Waals surface area (Å²) in [6.07, 6.45) is 1.67. The van der Waals surface area contributed by atoms with Crippen molar-refractivity contribution in [3.05, 3.63) is 48.7 Å². The smallest absolute Gasteiger partial charge is 0.229 e. The number of nitrogens with zero attached hydrogens (tertiary/aromatic N) is 2. The van der Waals surface area contributed by atoms with Crippen molar-refractivity contribution in [1.82, 2.24) is 9.97 Å². The molecule has 0 aliphatic heterocycles. The lowest BCUT2D eigenvalue weighted by molar-refractivity contribution is 0.281. The largest absolute Gasteiger partial charge is 0.497 e. The third-order valence-corrected chi connectivity index (χ3v) is 5.23. The van der Waals surface area contributed by atoms with Crippen LogP contribution in [0.3, 0.4) is 0 Å². The van der Waals surface area contributed by atoms with Crippen LogP contribution in [0.25, 0.3) is 11.1 Å². The zero-order valence-electron chi connectivity index (χ0n) is 17.4. The Morgan fingerprint density at radius 3 is 2.32 bits per heavy atom. The van der Waals surface area contributed by atoms with Crippen molar-refractivity contribution in [3.63, 3.8) is 0 Å². The number of hydrogen-bond acceptors (Lipinski definition) is 9. The average Bonchev–Trinajstić information content (AvgIpc) is 2.79. The molecule has 0 saturated heterocycles. The number of hydrogen-bond donors (Lipinski definition) is 5. The Morgan fingerprint density at radius 1 is 1.13 bits per heavy atom. The minimum atomic E-state index is -2.14. The van der Waals surface area contributed by atoms with Crippen molar-refractivity contribution in [1.29, 1.82) is 4.78 Å². The van der Waals surface area contributed by atoms with Crippen molar-refractivity contribution >= 4 is 28.0 Å². The summed E-state index contributed by atoms with van der Waals surface area (Å²) in [4.78, 5) is 9.44. The van der Waals surface area contributed by atoms with Crippen LogP contribution in [0.5, 0.6) is 11.5 Å². The molecule has 2 atom stereocenters. The van der Waals surface area contributed by atoms with E-state index in [-0.39, 0.29) is 12.6 Å². The van der Waals surface area contributed by atoms with Crippen LogP contribution in [0.2, 0.25) is 0 Å². The lowest BCUT2D eigenvalue weighted by Crippen LogP contribution is -2.21. The van der Waals surface area contributed by atoms with E-state index in [9.17, 15) is 9.32 Å². The van der Waals surface area contributed by atoms with Crippen molar-refractivity contribution in [3.8, 4) is 22.6 Å². The second-order valence-electron chi connectivity index (χ2n) is 6.75. The van der Waals surface area contributed by atoms with Gasteiger partial charge >= 0.3 is 0 Å². The van der Waals surface area contributed by atoms with E-state index in [0.717, 1.165) is 5.56 Å². The van der Waals surface area contributed by atoms with E-state index in [2.05, 4.69) is 20.6 Å². The molecular formula is C21H25N5O4S. The van der Waals surface area contributed by atoms with Gasteiger partial charge in [0.05, 0.1) is 31.4 Å². The number of methoxy groups -OCH3 is 2. The molecule has 4 N–H and O–H groups in total. The van der Waals surface area contributed by atoms with Gasteiger partial charge in [0.1, 0.15) is 17.3 Å². The quantitative estimate of drug-likeness (QED) is 0.319. The molecule has 3 rings (SSSR count). The molecule has 1 unspecified atom stereocenters. The number of thiol groups is 1. The van der Waals surface area contributed by atoms with E-state index in [1.54, 1.807) is 50.7 Å². The normalized spacial score (nSPS) is 12.6. The third-order valence-electron chi connectivity index (χ3n) is 4.47. The van der Waals surface area contributed by atoms with E-state index in [1.807, 2.05) is 19.1 Å². The van der Waals surface area contributed by atoms with Crippen LogP contribution in [0.4, 0.5) is 17.5 Å². The summed E-state index contributed by atoms with van der Waals surface area (Å²) in [6.45, 7) is 1.77. The summed E-state index contributed by atoms with van der Waals surface area (Å²) in [5, 5.41) is 15.8. The number of aliphatic hydroxyl groups excluding tert-OH is 1. The molecule has 2 aromatic carbocycles. The van der Waals surface area contributed by atoms with Crippen molar-refractivity contribution in [2.24, 2.45) is 0 Å². The standard InChI is InChI=1S/C21H25N5O4S/c1-13(12-27)24-20-19(14-8-16(29-2)10-17(9-14)30-3)11-23-21(26-20)25-15-4-6-18(7-5-15)31(22)28/h4-11,13,22,27,31H,12H2,1-3H3,(H2,23,24,25,26)/t13-/m1/s1. The monoisotopic (exact) mass is 443 g/mol. The number of nitrogens with one attached hydrogen (secondary N) is 3. The zero-order chi connectivity index (χ0) is 22.4. The Labute approximate surface area is 182 Å². The van der Waals surface area contributed by atoms with Crippen LogP contribution < -0.4 is 20.1 Å². The molecule has 0 aliphatic carbocycles. The molecule has 0 fully saturated rings. The number of ether oxygens (including phenoxy) is 2. The SMILES string of the molecule is COc1cc(OC)cc(-c2cnc(Nc3ccc([SH](=N)=O)cc3)nc2N[C@H](C)CO)c1. The van der Waals surface area contributed by atoms with E-state index in [0.29, 0.717) is 39.4 Å². The molecule has 9 nitrogen and oxygen atoms in total. The van der Waals surface area contributed by atoms with Crippen LogP contribution in [-0.4, -0.2) is 46.2 Å². The molecule has 1 heterocycles. The van der Waals surface area contributed by atoms with Gasteiger partial charge < -0.3 is 25.2 Å². The molecule has 164 valence electrons. The molecule has 0 radical (unpaired) electrons. The van der Waals surface area contributed by atoms with Gasteiger partial charge in [-0.05, 0) is 48.9 Å². The fraction of sp³-hybridized carbons (Fsp3) is 0.238. The Kier molecular flexibility index (Phi) is 7.27. The highest BCUT2D eigenvalue weighted by atomic mass is 32.2. The van der Waals surface area contributed by atoms with Crippen LogP contribution in [0.15, 0.2) is 53.6 Å². The first-order valence-corrected chi connectivity index (χ1v) is 10.7. The Balaban J connectivity index is 1.99. The van der Waals surface area contributed by atoms with Gasteiger partial charge in [0, 0.05) is 34.5 Å². The molecular weight excluding hydrogens is 418 g/mol. The molecule has 3 aromatic rings. The van der Waals surface area contributed by atoms with Gasteiger partial charge in [-0.3, -0.25) is 4.78 Å². The van der Waals surface area contributed by atoms with Crippen LogP contribution >= 0.6 is 0 Å². The summed E-state index contributed by atoms with van der Waals surface area (Å²) in [5.74, 6) is 2.13. The zero-order valence-corrected chi connectivity index (χ0v) is 18.3. The lowest BCUT2D eigenvalue weighted by Gasteiger charge is -2.17. The Hall–Kier alpha value is -3.37. The van der Waals surface area contributed by atoms with Crippen molar-refractivity contribution in [2.75, 3.05) is 31.5 Å². The molecule has 0 saturated carbocycles. The minimum Gasteiger partial charge on any atom is -0.497 e. The maximum absolute atomic E-state index is 11.3. The highest BCUT2D eigenvalue weighted by molar-refractivity contribution is 7.73. The maximum atomic E-state index is 11.3. The van der Waals surface area contributed by atoms with Gasteiger partial charge in [-0.1, -0.05) is 0 Å². The first kappa shape index (κ1) is 22.3. The van der Waals surface area contributed by atoms with Crippen LogP contribution in [-0.2, 0) is 10.6 Å². The second-order valence-corrected chi connectivity index (χ2v) is 7.86. The van der Waals surface area contributed by atoms with Crippen LogP contribution in [0.1, 0.15) is 6.92 Å². The molecule has 0 aliphatic rings. The third kappa shape index (κ3) is 5.62. The van der Waals surface area contributed by atoms with Crippen molar-refractivity contribution in [2.45, 2.75) is 17.9 Å². The molecule has 0 amide bonds. The second kappa shape index (κ2) is 10.1. The fourth-order valence-corrected chi connectivity index (χ4v) is 3.23. The maximum Gasteiger partial charge on any atom is 0.229 e. The highest BCUT2D eigenvalue weighted by Gasteiger charge is 2.14. The summed E-state index contributed by atoms with van der Waals surface area (Å²) >= 11 is 0. The van der Waals surface area contributed by atoms with Gasteiger partial charge in [-0.25, -0.2) is 9.19 Å². The average molecular weight is 444 g/mol. The molecule has 10 heteroatoms. The summed E-state index contributed by atoms with van der Waals surface area (Å²) < 4.78 is 29.3. The Bertz CT molecular complexity index is 1090. The Morgan fingerprint density at radius 2 is 1.77 bits per heavy atom. The first-order valence-electron chi connectivity index (χ1n) is 9.47. The summed E-state index contributed by atoms with van der Waals surface area (Å²) in [5.41, 5.74) is 2.20. The summed E-state index contributed by atoms with van der Waals surface area (Å²) in [7, 11) is 1.03. The highest BCUT2D eigenvalue weighted by Crippen LogP contribution is 2.34. The minimum absolute atomic E-state index is 0.0690. The first-order chi connectivity index (χ1) is 14.9. The van der Waals surface area contributed by atoms with Gasteiger partial charge in [0.25, 0.3) is 0 Å². The number of benzene rings is 2. The number of anilines is 3. The molecule has 1 aromatic heterocycles. The molecule has 0 bridgehead atoms. The van der Waals surface area contributed by atoms with Crippen LogP contribution in [0, 0.1) is 4.78 Å². The predicted molar refractivity (Wildman–Crippen MR) is 121 cm³/mol. The van der Waals surface area contributed by atoms with Gasteiger partial charge in [-0.2, -0.15) is 4.98 Å². The number of rotatable bonds is 9. The van der Waals surface area contributed by atoms with Gasteiger partial charge in [0.2, 0.25) is 5.95 Å². The van der Waals surface area contributed by atoms with Gasteiger partial charge in [-0.15, -0.1) is 0 Å². The molecule has 0 spiro atoms.